The van der Waals surface area contributed by atoms with Gasteiger partial charge < -0.3 is 5.11 Å². The molecular weight excluding hydrogens is 301 g/mol. The van der Waals surface area contributed by atoms with Crippen molar-refractivity contribution in [2.75, 3.05) is 4.72 Å². The molecule has 7 heteroatoms. The van der Waals surface area contributed by atoms with Gasteiger partial charge in [-0.1, -0.05) is 6.07 Å². The third kappa shape index (κ3) is 2.84. The highest BCUT2D eigenvalue weighted by Gasteiger charge is 2.23. The van der Waals surface area contributed by atoms with E-state index in [-0.39, 0.29) is 17.2 Å². The van der Waals surface area contributed by atoms with Crippen molar-refractivity contribution in [2.24, 2.45) is 0 Å². The molecule has 2 rings (SSSR count). The van der Waals surface area contributed by atoms with Crippen molar-refractivity contribution in [1.82, 2.24) is 0 Å². The van der Waals surface area contributed by atoms with E-state index in [4.69, 9.17) is 0 Å². The van der Waals surface area contributed by atoms with Crippen molar-refractivity contribution in [1.29, 1.82) is 0 Å². The van der Waals surface area contributed by atoms with Crippen LogP contribution in [0.3, 0.4) is 0 Å². The Labute approximate surface area is 120 Å². The second-order valence-corrected chi connectivity index (χ2v) is 7.00. The van der Waals surface area contributed by atoms with E-state index in [1.54, 1.807) is 25.3 Å². The highest BCUT2D eigenvalue weighted by atomic mass is 32.2. The van der Waals surface area contributed by atoms with Crippen LogP contribution in [-0.4, -0.2) is 13.5 Å². The Morgan fingerprint density at radius 2 is 2.05 bits per heavy atom. The Morgan fingerprint density at radius 1 is 1.35 bits per heavy atom. The minimum Gasteiger partial charge on any atom is -0.391 e. The maximum absolute atomic E-state index is 13.7. The summed E-state index contributed by atoms with van der Waals surface area (Å²) in [4.78, 5) is 0.354. The SMILES string of the molecule is Cc1ccc(NS(=O)(=O)c2c(C)csc2CO)c(F)c1. The number of hydrogen-bond donors (Lipinski definition) is 2. The Kier molecular flexibility index (Phi) is 4.12. The van der Waals surface area contributed by atoms with Crippen LogP contribution in [0.25, 0.3) is 0 Å². The molecule has 0 fully saturated rings. The summed E-state index contributed by atoms with van der Waals surface area (Å²) in [5.74, 6) is -0.632. The molecule has 4 nitrogen and oxygen atoms in total. The van der Waals surface area contributed by atoms with E-state index in [0.29, 0.717) is 16.0 Å². The van der Waals surface area contributed by atoms with Crippen LogP contribution in [0.2, 0.25) is 0 Å². The van der Waals surface area contributed by atoms with Crippen molar-refractivity contribution >= 4 is 27.0 Å². The molecule has 0 spiro atoms. The summed E-state index contributed by atoms with van der Waals surface area (Å²) in [6.07, 6.45) is 0. The number of aliphatic hydroxyl groups is 1. The maximum atomic E-state index is 13.7. The lowest BCUT2D eigenvalue weighted by atomic mass is 10.2. The fraction of sp³-hybridized carbons (Fsp3) is 0.231. The minimum absolute atomic E-state index is 0.0185. The molecule has 108 valence electrons. The summed E-state index contributed by atoms with van der Waals surface area (Å²) in [7, 11) is -3.92. The Balaban J connectivity index is 2.43. The first-order valence-corrected chi connectivity index (χ1v) is 8.18. The van der Waals surface area contributed by atoms with Crippen LogP contribution in [-0.2, 0) is 16.6 Å². The van der Waals surface area contributed by atoms with Crippen molar-refractivity contribution in [3.8, 4) is 0 Å². The largest absolute Gasteiger partial charge is 0.391 e. The topological polar surface area (TPSA) is 66.4 Å². The van der Waals surface area contributed by atoms with E-state index >= 15 is 0 Å². The first-order valence-electron chi connectivity index (χ1n) is 5.82. The second kappa shape index (κ2) is 5.51. The van der Waals surface area contributed by atoms with E-state index in [1.807, 2.05) is 0 Å². The Morgan fingerprint density at radius 3 is 2.65 bits per heavy atom. The molecule has 1 heterocycles. The average Bonchev–Trinajstić information content (AvgIpc) is 2.75. The van der Waals surface area contributed by atoms with Crippen LogP contribution < -0.4 is 4.72 Å². The first kappa shape index (κ1) is 15.0. The molecule has 2 aromatic rings. The standard InChI is InChI=1S/C13H14FNO3S2/c1-8-3-4-11(10(14)5-8)15-20(17,18)13-9(2)7-19-12(13)6-16/h3-5,7,15-16H,6H2,1-2H3. The van der Waals surface area contributed by atoms with Gasteiger partial charge >= 0.3 is 0 Å². The highest BCUT2D eigenvalue weighted by molar-refractivity contribution is 7.93. The van der Waals surface area contributed by atoms with Gasteiger partial charge in [0, 0.05) is 0 Å². The Bertz CT molecular complexity index is 738. The number of rotatable bonds is 4. The van der Waals surface area contributed by atoms with Crippen LogP contribution in [0.4, 0.5) is 10.1 Å². The normalized spacial score (nSPS) is 11.6. The quantitative estimate of drug-likeness (QED) is 0.912. The van der Waals surface area contributed by atoms with Gasteiger partial charge in [0.25, 0.3) is 10.0 Å². The lowest BCUT2D eigenvalue weighted by Crippen LogP contribution is -2.15. The molecule has 0 amide bonds. The van der Waals surface area contributed by atoms with Crippen LogP contribution in [0.15, 0.2) is 28.5 Å². The zero-order valence-electron chi connectivity index (χ0n) is 11.0. The first-order chi connectivity index (χ1) is 9.35. The molecule has 0 saturated heterocycles. The van der Waals surface area contributed by atoms with Crippen molar-refractivity contribution in [3.63, 3.8) is 0 Å². The molecule has 0 radical (unpaired) electrons. The molecule has 0 aliphatic rings. The zero-order valence-corrected chi connectivity index (χ0v) is 12.6. The van der Waals surface area contributed by atoms with Crippen LogP contribution in [0.1, 0.15) is 16.0 Å². The van der Waals surface area contributed by atoms with Crippen molar-refractivity contribution < 1.29 is 17.9 Å². The number of aryl methyl sites for hydroxylation is 2. The molecule has 0 aliphatic carbocycles. The van der Waals surface area contributed by atoms with E-state index < -0.39 is 15.8 Å². The predicted octanol–water partition coefficient (Wildman–Crippen LogP) is 2.80. The fourth-order valence-electron chi connectivity index (χ4n) is 1.86. The summed E-state index contributed by atoms with van der Waals surface area (Å²) in [6, 6.07) is 4.25. The Hall–Kier alpha value is -1.44. The summed E-state index contributed by atoms with van der Waals surface area (Å²) in [5.41, 5.74) is 1.12. The number of hydrogen-bond acceptors (Lipinski definition) is 4. The number of thiophene rings is 1. The highest BCUT2D eigenvalue weighted by Crippen LogP contribution is 2.29. The van der Waals surface area contributed by atoms with Gasteiger partial charge in [0.1, 0.15) is 10.7 Å². The average molecular weight is 315 g/mol. The number of halogens is 1. The van der Waals surface area contributed by atoms with Gasteiger partial charge in [-0.2, -0.15) is 0 Å². The van der Waals surface area contributed by atoms with E-state index in [9.17, 15) is 17.9 Å². The van der Waals surface area contributed by atoms with Crippen molar-refractivity contribution in [3.05, 3.63) is 45.4 Å². The van der Waals surface area contributed by atoms with E-state index in [1.165, 1.54) is 12.1 Å². The lowest BCUT2D eigenvalue weighted by molar-refractivity contribution is 0.282. The third-order valence-electron chi connectivity index (χ3n) is 2.77. The van der Waals surface area contributed by atoms with Crippen LogP contribution in [0.5, 0.6) is 0 Å². The summed E-state index contributed by atoms with van der Waals surface area (Å²) in [6.45, 7) is 2.98. The van der Waals surface area contributed by atoms with Crippen molar-refractivity contribution in [2.45, 2.75) is 25.3 Å². The van der Waals surface area contributed by atoms with Gasteiger partial charge in [-0.05, 0) is 42.5 Å². The number of benzene rings is 1. The zero-order chi connectivity index (χ0) is 14.9. The molecule has 1 aromatic heterocycles. The number of aliphatic hydroxyl groups excluding tert-OH is 1. The maximum Gasteiger partial charge on any atom is 0.263 e. The van der Waals surface area contributed by atoms with Crippen LogP contribution in [0, 0.1) is 19.7 Å². The van der Waals surface area contributed by atoms with Gasteiger partial charge in [0.05, 0.1) is 17.2 Å². The second-order valence-electron chi connectivity index (χ2n) is 4.42. The monoisotopic (exact) mass is 315 g/mol. The van der Waals surface area contributed by atoms with E-state index in [0.717, 1.165) is 11.3 Å². The van der Waals surface area contributed by atoms with Crippen LogP contribution >= 0.6 is 11.3 Å². The molecule has 0 saturated carbocycles. The molecule has 0 bridgehead atoms. The number of nitrogens with one attached hydrogen (secondary N) is 1. The van der Waals surface area contributed by atoms with Gasteiger partial charge in [-0.15, -0.1) is 11.3 Å². The number of sulfonamides is 1. The summed E-state index contributed by atoms with van der Waals surface area (Å²) >= 11 is 1.16. The molecule has 1 aromatic carbocycles. The molecule has 20 heavy (non-hydrogen) atoms. The lowest BCUT2D eigenvalue weighted by Gasteiger charge is -2.10. The minimum atomic E-state index is -3.92. The smallest absolute Gasteiger partial charge is 0.263 e. The van der Waals surface area contributed by atoms with Gasteiger partial charge in [0.15, 0.2) is 0 Å². The molecule has 0 unspecified atom stereocenters. The van der Waals surface area contributed by atoms with Gasteiger partial charge in [-0.25, -0.2) is 12.8 Å². The summed E-state index contributed by atoms with van der Waals surface area (Å²) < 4.78 is 40.6. The molecular formula is C13H14FNO3S2. The molecule has 0 aliphatic heterocycles. The molecule has 0 atom stereocenters. The van der Waals surface area contributed by atoms with E-state index in [2.05, 4.69) is 4.72 Å². The fourth-order valence-corrected chi connectivity index (χ4v) is 4.59. The van der Waals surface area contributed by atoms with Gasteiger partial charge in [-0.3, -0.25) is 4.72 Å². The molecule has 2 N–H and O–H groups in total. The summed E-state index contributed by atoms with van der Waals surface area (Å²) in [5, 5.41) is 10.8. The number of anilines is 1. The van der Waals surface area contributed by atoms with Gasteiger partial charge in [0.2, 0.25) is 0 Å². The predicted molar refractivity (Wildman–Crippen MR) is 76.9 cm³/mol. The third-order valence-corrected chi connectivity index (χ3v) is 5.58.